The number of hydrogen-bond acceptors (Lipinski definition) is 3. The topological polar surface area (TPSA) is 23.6 Å². The van der Waals surface area contributed by atoms with E-state index in [0.717, 1.165) is 49.6 Å². The number of rotatable bonds is 3. The summed E-state index contributed by atoms with van der Waals surface area (Å²) in [6.07, 6.45) is 0.969. The molecule has 1 aliphatic rings. The third kappa shape index (κ3) is 4.02. The summed E-state index contributed by atoms with van der Waals surface area (Å²) in [4.78, 5) is 19.1. The van der Waals surface area contributed by atoms with E-state index in [4.69, 9.17) is 0 Å². The van der Waals surface area contributed by atoms with Gasteiger partial charge in [-0.05, 0) is 49.6 Å². The van der Waals surface area contributed by atoms with Gasteiger partial charge in [-0.25, -0.2) is 4.39 Å². The molecule has 3 rings (SSSR count). The Morgan fingerprint density at radius 3 is 2.54 bits per heavy atom. The maximum Gasteiger partial charge on any atom is 0.263 e. The third-order valence-corrected chi connectivity index (χ3v) is 5.71. The Labute approximate surface area is 146 Å². The first-order chi connectivity index (χ1) is 11.5. The summed E-state index contributed by atoms with van der Waals surface area (Å²) < 4.78 is 13.0. The van der Waals surface area contributed by atoms with Crippen LogP contribution in [0.5, 0.6) is 0 Å². The van der Waals surface area contributed by atoms with Crippen molar-refractivity contribution in [1.29, 1.82) is 0 Å². The highest BCUT2D eigenvalue weighted by molar-refractivity contribution is 7.14. The van der Waals surface area contributed by atoms with Crippen molar-refractivity contribution in [3.63, 3.8) is 0 Å². The highest BCUT2D eigenvalue weighted by Crippen LogP contribution is 2.22. The van der Waals surface area contributed by atoms with Crippen LogP contribution in [0.1, 0.15) is 32.1 Å². The molecule has 2 aromatic rings. The van der Waals surface area contributed by atoms with Crippen LogP contribution in [0, 0.1) is 19.7 Å². The van der Waals surface area contributed by atoms with E-state index >= 15 is 0 Å². The van der Waals surface area contributed by atoms with Gasteiger partial charge in [0.05, 0.1) is 4.88 Å². The van der Waals surface area contributed by atoms with Gasteiger partial charge in [-0.15, -0.1) is 11.3 Å². The monoisotopic (exact) mass is 346 g/mol. The molecule has 1 amide bonds. The zero-order valence-corrected chi connectivity index (χ0v) is 15.0. The first-order valence-corrected chi connectivity index (χ1v) is 9.17. The van der Waals surface area contributed by atoms with Gasteiger partial charge >= 0.3 is 0 Å². The molecule has 5 heteroatoms. The van der Waals surface area contributed by atoms with Crippen molar-refractivity contribution in [3.8, 4) is 0 Å². The van der Waals surface area contributed by atoms with E-state index in [2.05, 4.69) is 18.7 Å². The van der Waals surface area contributed by atoms with Gasteiger partial charge in [0, 0.05) is 37.6 Å². The average molecular weight is 346 g/mol. The maximum absolute atomic E-state index is 13.0. The molecule has 0 bridgehead atoms. The molecule has 0 radical (unpaired) electrons. The van der Waals surface area contributed by atoms with Crippen LogP contribution >= 0.6 is 11.3 Å². The minimum absolute atomic E-state index is 0.153. The number of halogens is 1. The van der Waals surface area contributed by atoms with E-state index in [-0.39, 0.29) is 11.7 Å². The average Bonchev–Trinajstić information content (AvgIpc) is 2.77. The Morgan fingerprint density at radius 1 is 1.12 bits per heavy atom. The van der Waals surface area contributed by atoms with Crippen molar-refractivity contribution < 1.29 is 9.18 Å². The maximum atomic E-state index is 13.0. The quantitative estimate of drug-likeness (QED) is 0.843. The largest absolute Gasteiger partial charge is 0.337 e. The lowest BCUT2D eigenvalue weighted by atomic mass is 10.2. The van der Waals surface area contributed by atoms with Crippen LogP contribution < -0.4 is 0 Å². The minimum Gasteiger partial charge on any atom is -0.337 e. The Bertz CT molecular complexity index is 691. The minimum atomic E-state index is -0.201. The molecule has 1 saturated heterocycles. The molecule has 1 aromatic heterocycles. The van der Waals surface area contributed by atoms with E-state index in [0.29, 0.717) is 0 Å². The second kappa shape index (κ2) is 7.45. The standard InChI is InChI=1S/C19H23FN2OS/c1-14-12-18(24-15(14)2)19(23)22-9-3-8-21(10-11-22)13-16-4-6-17(20)7-5-16/h4-7,12H,3,8-11,13H2,1-2H3. The van der Waals surface area contributed by atoms with E-state index in [1.54, 1.807) is 11.3 Å². The summed E-state index contributed by atoms with van der Waals surface area (Å²) in [6.45, 7) is 8.28. The Kier molecular flexibility index (Phi) is 5.31. The fraction of sp³-hybridized carbons (Fsp3) is 0.421. The molecular formula is C19H23FN2OS. The molecule has 2 heterocycles. The molecule has 128 valence electrons. The van der Waals surface area contributed by atoms with Crippen LogP contribution in [0.25, 0.3) is 0 Å². The molecule has 0 unspecified atom stereocenters. The van der Waals surface area contributed by atoms with Crippen LogP contribution in [0.4, 0.5) is 4.39 Å². The van der Waals surface area contributed by atoms with Crippen molar-refractivity contribution >= 4 is 17.2 Å². The number of thiophene rings is 1. The van der Waals surface area contributed by atoms with Gasteiger partial charge in [-0.1, -0.05) is 12.1 Å². The predicted molar refractivity (Wildman–Crippen MR) is 96.0 cm³/mol. The molecule has 1 aliphatic heterocycles. The van der Waals surface area contributed by atoms with Crippen LogP contribution in [-0.4, -0.2) is 41.9 Å². The summed E-state index contributed by atoms with van der Waals surface area (Å²) in [7, 11) is 0. The highest BCUT2D eigenvalue weighted by Gasteiger charge is 2.22. The van der Waals surface area contributed by atoms with Gasteiger partial charge in [0.1, 0.15) is 5.82 Å². The van der Waals surface area contributed by atoms with E-state index < -0.39 is 0 Å². The van der Waals surface area contributed by atoms with E-state index in [1.807, 2.05) is 23.1 Å². The smallest absolute Gasteiger partial charge is 0.263 e. The fourth-order valence-electron chi connectivity index (χ4n) is 3.01. The first kappa shape index (κ1) is 17.1. The number of carbonyl (C=O) groups is 1. The Morgan fingerprint density at radius 2 is 1.88 bits per heavy atom. The summed E-state index contributed by atoms with van der Waals surface area (Å²) >= 11 is 1.59. The van der Waals surface area contributed by atoms with Crippen LogP contribution in [-0.2, 0) is 6.54 Å². The number of carbonyl (C=O) groups excluding carboxylic acids is 1. The second-order valence-electron chi connectivity index (χ2n) is 6.40. The zero-order chi connectivity index (χ0) is 17.1. The predicted octanol–water partition coefficient (Wildman–Crippen LogP) is 3.85. The molecule has 1 aromatic carbocycles. The number of nitrogens with zero attached hydrogens (tertiary/aromatic N) is 2. The van der Waals surface area contributed by atoms with Gasteiger partial charge in [0.25, 0.3) is 5.91 Å². The summed E-state index contributed by atoms with van der Waals surface area (Å²) in [5, 5.41) is 0. The van der Waals surface area contributed by atoms with E-state index in [9.17, 15) is 9.18 Å². The summed E-state index contributed by atoms with van der Waals surface area (Å²) in [5.41, 5.74) is 2.30. The number of benzene rings is 1. The van der Waals surface area contributed by atoms with Gasteiger partial charge < -0.3 is 4.90 Å². The molecule has 0 N–H and O–H groups in total. The van der Waals surface area contributed by atoms with Crippen molar-refractivity contribution in [2.75, 3.05) is 26.2 Å². The fourth-order valence-corrected chi connectivity index (χ4v) is 4.02. The third-order valence-electron chi connectivity index (χ3n) is 4.57. The van der Waals surface area contributed by atoms with Gasteiger partial charge in [-0.3, -0.25) is 9.69 Å². The lowest BCUT2D eigenvalue weighted by Gasteiger charge is -2.21. The highest BCUT2D eigenvalue weighted by atomic mass is 32.1. The molecule has 24 heavy (non-hydrogen) atoms. The lowest BCUT2D eigenvalue weighted by Crippen LogP contribution is -2.34. The molecule has 1 fully saturated rings. The molecule has 0 atom stereocenters. The van der Waals surface area contributed by atoms with Gasteiger partial charge in [-0.2, -0.15) is 0 Å². The van der Waals surface area contributed by atoms with Gasteiger partial charge in [0.15, 0.2) is 0 Å². The molecule has 0 saturated carbocycles. The Balaban J connectivity index is 1.60. The first-order valence-electron chi connectivity index (χ1n) is 8.36. The van der Waals surface area contributed by atoms with Crippen molar-refractivity contribution in [3.05, 3.63) is 57.0 Å². The molecular weight excluding hydrogens is 323 g/mol. The lowest BCUT2D eigenvalue weighted by molar-refractivity contribution is 0.0766. The summed E-state index contributed by atoms with van der Waals surface area (Å²) in [6, 6.07) is 8.68. The normalized spacial score (nSPS) is 16.2. The zero-order valence-electron chi connectivity index (χ0n) is 14.2. The van der Waals surface area contributed by atoms with Crippen molar-refractivity contribution in [2.45, 2.75) is 26.8 Å². The van der Waals surface area contributed by atoms with Crippen molar-refractivity contribution in [2.24, 2.45) is 0 Å². The number of amides is 1. The van der Waals surface area contributed by atoms with E-state index in [1.165, 1.54) is 22.6 Å². The molecule has 0 aliphatic carbocycles. The summed E-state index contributed by atoms with van der Waals surface area (Å²) in [5.74, 6) is -0.0484. The SMILES string of the molecule is Cc1cc(C(=O)N2CCCN(Cc3ccc(F)cc3)CC2)sc1C. The van der Waals surface area contributed by atoms with Crippen molar-refractivity contribution in [1.82, 2.24) is 9.80 Å². The van der Waals surface area contributed by atoms with Crippen LogP contribution in [0.15, 0.2) is 30.3 Å². The molecule has 0 spiro atoms. The van der Waals surface area contributed by atoms with Crippen LogP contribution in [0.2, 0.25) is 0 Å². The number of aryl methyl sites for hydroxylation is 2. The number of hydrogen-bond donors (Lipinski definition) is 0. The second-order valence-corrected chi connectivity index (χ2v) is 7.65. The van der Waals surface area contributed by atoms with Gasteiger partial charge in [0.2, 0.25) is 0 Å². The Hall–Kier alpha value is -1.72. The van der Waals surface area contributed by atoms with Crippen LogP contribution in [0.3, 0.4) is 0 Å². The molecule has 3 nitrogen and oxygen atoms in total.